The second kappa shape index (κ2) is 12.3. The zero-order chi connectivity index (χ0) is 31.4. The van der Waals surface area contributed by atoms with Crippen molar-refractivity contribution in [2.45, 2.75) is 89.2 Å². The van der Waals surface area contributed by atoms with Gasteiger partial charge >= 0.3 is 0 Å². The average molecular weight is 654 g/mol. The van der Waals surface area contributed by atoms with Gasteiger partial charge in [0, 0.05) is 52.4 Å². The fourth-order valence-corrected chi connectivity index (χ4v) is 10.1. The van der Waals surface area contributed by atoms with Crippen LogP contribution in [0.1, 0.15) is 87.0 Å². The standard InChI is InChI=1S/C35H39N7O2S2/c1-18(2)23-16-45-33-30(28-15-27-32(46-28)34(38-17-37-27)40-25-10-9-24-22(25)6-5-12-36-24)29(35-42-41-20(4)44-35)26(39-31(23)33)8-7-21-11-13-43-19(3)14-21/h5-6,12,15,17-19,21,23,25H,7-11,13-14,16H2,1-4H3,(H,37,38,40)/t19-,21?,23?,25?/m0/s1. The summed E-state index contributed by atoms with van der Waals surface area (Å²) in [6.45, 7) is 9.49. The molecule has 238 valence electrons. The summed E-state index contributed by atoms with van der Waals surface area (Å²) in [5.41, 5.74) is 7.75. The summed E-state index contributed by atoms with van der Waals surface area (Å²) in [4.78, 5) is 21.9. The van der Waals surface area contributed by atoms with E-state index in [9.17, 15) is 0 Å². The van der Waals surface area contributed by atoms with Crippen molar-refractivity contribution in [3.63, 3.8) is 0 Å². The summed E-state index contributed by atoms with van der Waals surface area (Å²) in [5.74, 6) is 4.47. The number of rotatable bonds is 8. The molecule has 9 nitrogen and oxygen atoms in total. The van der Waals surface area contributed by atoms with Crippen molar-refractivity contribution in [1.29, 1.82) is 0 Å². The summed E-state index contributed by atoms with van der Waals surface area (Å²) in [7, 11) is 0. The number of nitrogens with zero attached hydrogens (tertiary/aromatic N) is 6. The third kappa shape index (κ3) is 5.50. The molecule has 3 unspecified atom stereocenters. The molecule has 11 heteroatoms. The molecule has 0 bridgehead atoms. The van der Waals surface area contributed by atoms with E-state index in [1.165, 1.54) is 21.8 Å². The Hall–Kier alpha value is -3.41. The summed E-state index contributed by atoms with van der Waals surface area (Å²) in [5, 5.41) is 12.6. The first-order chi connectivity index (χ1) is 22.4. The first-order valence-electron chi connectivity index (χ1n) is 16.5. The molecular weight excluding hydrogens is 615 g/mol. The van der Waals surface area contributed by atoms with Crippen LogP contribution in [-0.4, -0.2) is 48.6 Å². The van der Waals surface area contributed by atoms with Gasteiger partial charge in [-0.3, -0.25) is 9.97 Å². The van der Waals surface area contributed by atoms with E-state index in [4.69, 9.17) is 24.1 Å². The molecule has 1 aliphatic carbocycles. The molecule has 4 atom stereocenters. The monoisotopic (exact) mass is 653 g/mol. The maximum absolute atomic E-state index is 6.20. The number of thioether (sulfide) groups is 1. The first kappa shape index (κ1) is 30.0. The minimum atomic E-state index is 0.177. The van der Waals surface area contributed by atoms with Crippen LogP contribution in [0.3, 0.4) is 0 Å². The molecule has 1 saturated heterocycles. The summed E-state index contributed by atoms with van der Waals surface area (Å²) in [6.07, 6.45) is 9.92. The van der Waals surface area contributed by atoms with E-state index in [1.54, 1.807) is 17.7 Å². The van der Waals surface area contributed by atoms with Crippen molar-refractivity contribution in [2.75, 3.05) is 17.7 Å². The number of anilines is 1. The maximum Gasteiger partial charge on any atom is 0.250 e. The van der Waals surface area contributed by atoms with Gasteiger partial charge in [0.1, 0.15) is 12.1 Å². The highest BCUT2D eigenvalue weighted by Gasteiger charge is 2.35. The van der Waals surface area contributed by atoms with Gasteiger partial charge in [0.15, 0.2) is 0 Å². The number of ether oxygens (including phenoxy) is 1. The van der Waals surface area contributed by atoms with E-state index >= 15 is 0 Å². The van der Waals surface area contributed by atoms with Crippen LogP contribution in [0.4, 0.5) is 5.82 Å². The van der Waals surface area contributed by atoms with Gasteiger partial charge in [-0.15, -0.1) is 33.3 Å². The van der Waals surface area contributed by atoms with E-state index in [0.29, 0.717) is 35.6 Å². The van der Waals surface area contributed by atoms with E-state index in [1.807, 2.05) is 30.9 Å². The van der Waals surface area contributed by atoms with Crippen molar-refractivity contribution < 1.29 is 9.15 Å². The lowest BCUT2D eigenvalue weighted by atomic mass is 9.88. The van der Waals surface area contributed by atoms with Crippen LogP contribution in [0.5, 0.6) is 0 Å². The molecule has 0 spiro atoms. The molecular formula is C35H39N7O2S2. The van der Waals surface area contributed by atoms with Crippen LogP contribution in [0.2, 0.25) is 0 Å². The van der Waals surface area contributed by atoms with Gasteiger partial charge < -0.3 is 14.5 Å². The Labute approximate surface area is 277 Å². The molecule has 0 radical (unpaired) electrons. The fourth-order valence-electron chi connectivity index (χ4n) is 7.34. The Morgan fingerprint density at radius 1 is 1.11 bits per heavy atom. The van der Waals surface area contributed by atoms with Crippen molar-refractivity contribution in [1.82, 2.24) is 30.1 Å². The number of hydrogen-bond donors (Lipinski definition) is 1. The highest BCUT2D eigenvalue weighted by atomic mass is 32.2. The molecule has 1 N–H and O–H groups in total. The van der Waals surface area contributed by atoms with Crippen LogP contribution in [0.25, 0.3) is 32.1 Å². The molecule has 2 aliphatic heterocycles. The smallest absolute Gasteiger partial charge is 0.250 e. The van der Waals surface area contributed by atoms with Gasteiger partial charge in [-0.25, -0.2) is 9.97 Å². The second-order valence-corrected chi connectivity index (χ2v) is 15.3. The Morgan fingerprint density at radius 3 is 2.85 bits per heavy atom. The van der Waals surface area contributed by atoms with Crippen LogP contribution >= 0.6 is 23.1 Å². The van der Waals surface area contributed by atoms with E-state index in [2.05, 4.69) is 53.4 Å². The first-order valence-corrected chi connectivity index (χ1v) is 18.3. The van der Waals surface area contributed by atoms with Gasteiger partial charge in [0.25, 0.3) is 0 Å². The Morgan fingerprint density at radius 2 is 2.02 bits per heavy atom. The van der Waals surface area contributed by atoms with E-state index < -0.39 is 0 Å². The van der Waals surface area contributed by atoms with E-state index in [0.717, 1.165) is 88.6 Å². The van der Waals surface area contributed by atoms with Crippen LogP contribution in [0.15, 0.2) is 40.0 Å². The number of hydrogen-bond acceptors (Lipinski definition) is 11. The van der Waals surface area contributed by atoms with Crippen molar-refractivity contribution in [2.24, 2.45) is 11.8 Å². The Kier molecular flexibility index (Phi) is 8.02. The third-order valence-corrected chi connectivity index (χ3v) is 12.2. The predicted molar refractivity (Wildman–Crippen MR) is 182 cm³/mol. The van der Waals surface area contributed by atoms with Gasteiger partial charge in [0.05, 0.1) is 39.3 Å². The van der Waals surface area contributed by atoms with E-state index in [-0.39, 0.29) is 6.04 Å². The topological polar surface area (TPSA) is 112 Å². The lowest BCUT2D eigenvalue weighted by Crippen LogP contribution is -2.23. The zero-order valence-corrected chi connectivity index (χ0v) is 28.4. The molecule has 0 aromatic carbocycles. The maximum atomic E-state index is 6.20. The molecule has 46 heavy (non-hydrogen) atoms. The van der Waals surface area contributed by atoms with Crippen LogP contribution in [-0.2, 0) is 17.6 Å². The quantitative estimate of drug-likeness (QED) is 0.176. The van der Waals surface area contributed by atoms with Crippen molar-refractivity contribution in [3.8, 4) is 21.9 Å². The molecule has 0 amide bonds. The fraction of sp³-hybridized carbons (Fsp3) is 0.486. The zero-order valence-electron chi connectivity index (χ0n) is 26.7. The molecule has 3 aliphatic rings. The summed E-state index contributed by atoms with van der Waals surface area (Å²) < 4.78 is 13.1. The van der Waals surface area contributed by atoms with Gasteiger partial charge in [-0.1, -0.05) is 19.9 Å². The molecule has 5 aromatic rings. The lowest BCUT2D eigenvalue weighted by Gasteiger charge is -2.27. The summed E-state index contributed by atoms with van der Waals surface area (Å²) in [6, 6.07) is 6.59. The normalized spacial score (nSPS) is 22.5. The average Bonchev–Trinajstić information content (AvgIpc) is 3.85. The van der Waals surface area contributed by atoms with Gasteiger partial charge in [0.2, 0.25) is 11.8 Å². The molecule has 5 aromatic heterocycles. The van der Waals surface area contributed by atoms with Crippen LogP contribution < -0.4 is 5.32 Å². The number of thiophene rings is 1. The van der Waals surface area contributed by atoms with Gasteiger partial charge in [-0.2, -0.15) is 0 Å². The molecule has 8 rings (SSSR count). The minimum absolute atomic E-state index is 0.177. The minimum Gasteiger partial charge on any atom is -0.421 e. The highest BCUT2D eigenvalue weighted by Crippen LogP contribution is 2.53. The predicted octanol–water partition coefficient (Wildman–Crippen LogP) is 8.20. The van der Waals surface area contributed by atoms with Crippen molar-refractivity contribution in [3.05, 3.63) is 59.3 Å². The number of aromatic nitrogens is 6. The number of nitrogens with one attached hydrogen (secondary N) is 1. The molecule has 1 fully saturated rings. The Bertz CT molecular complexity index is 1900. The number of fused-ring (bicyclic) bond motifs is 3. The highest BCUT2D eigenvalue weighted by molar-refractivity contribution is 7.99. The Balaban J connectivity index is 1.26. The second-order valence-electron chi connectivity index (χ2n) is 13.2. The SMILES string of the molecule is Cc1nnc(-c2c(CCC3CCO[C@@H](C)C3)nc3c(c2-c2cc4ncnc(NC5CCc6ncccc65)c4s2)SCC3C(C)C)o1. The number of aryl methyl sites for hydroxylation is 3. The van der Waals surface area contributed by atoms with Crippen molar-refractivity contribution >= 4 is 39.1 Å². The van der Waals surface area contributed by atoms with Gasteiger partial charge in [-0.05, 0) is 75.0 Å². The molecule has 7 heterocycles. The van der Waals surface area contributed by atoms with Crippen LogP contribution in [0, 0.1) is 18.8 Å². The number of pyridine rings is 2. The third-order valence-electron chi connectivity index (χ3n) is 9.78. The molecule has 0 saturated carbocycles. The lowest BCUT2D eigenvalue weighted by molar-refractivity contribution is 0.000920. The summed E-state index contributed by atoms with van der Waals surface area (Å²) >= 11 is 3.65. The largest absolute Gasteiger partial charge is 0.421 e.